The maximum Gasteiger partial charge on any atom is 0.419 e. The van der Waals surface area contributed by atoms with Gasteiger partial charge in [0.05, 0.1) is 18.7 Å². The van der Waals surface area contributed by atoms with Crippen molar-refractivity contribution in [2.75, 3.05) is 45.7 Å². The quantitative estimate of drug-likeness (QED) is 0.805. The average Bonchev–Trinajstić information content (AvgIpc) is 2.88. The van der Waals surface area contributed by atoms with E-state index in [4.69, 9.17) is 9.15 Å². The molecule has 1 amide bonds. The zero-order valence-corrected chi connectivity index (χ0v) is 13.9. The van der Waals surface area contributed by atoms with Crippen molar-refractivity contribution in [2.24, 2.45) is 0 Å². The number of nitrogens with one attached hydrogen (secondary N) is 2. The smallest absolute Gasteiger partial charge is 0.408 e. The van der Waals surface area contributed by atoms with Gasteiger partial charge < -0.3 is 24.7 Å². The summed E-state index contributed by atoms with van der Waals surface area (Å²) in [6.07, 6.45) is 0. The lowest BCUT2D eigenvalue weighted by atomic mass is 10.2. The molecule has 1 aliphatic heterocycles. The number of amides is 1. The lowest BCUT2D eigenvalue weighted by Crippen LogP contribution is -2.48. The molecule has 1 aromatic carbocycles. The zero-order chi connectivity index (χ0) is 17.1. The van der Waals surface area contributed by atoms with Crippen molar-refractivity contribution < 1.29 is 13.9 Å². The molecule has 8 nitrogen and oxygen atoms in total. The molecule has 1 saturated heterocycles. The van der Waals surface area contributed by atoms with Crippen molar-refractivity contribution in [3.63, 3.8) is 0 Å². The predicted molar refractivity (Wildman–Crippen MR) is 90.3 cm³/mol. The highest BCUT2D eigenvalue weighted by molar-refractivity contribution is 5.96. The summed E-state index contributed by atoms with van der Waals surface area (Å²) < 4.78 is 12.1. The Hall–Kier alpha value is -2.16. The normalized spacial score (nSPS) is 18.2. The van der Waals surface area contributed by atoms with Crippen molar-refractivity contribution in [3.8, 4) is 0 Å². The van der Waals surface area contributed by atoms with E-state index in [2.05, 4.69) is 10.6 Å². The molecule has 0 spiro atoms. The molecule has 2 aromatic rings. The van der Waals surface area contributed by atoms with Crippen LogP contribution >= 0.6 is 0 Å². The fraction of sp³-hybridized carbons (Fsp3) is 0.500. The Labute approximate surface area is 139 Å². The van der Waals surface area contributed by atoms with Gasteiger partial charge in [-0.1, -0.05) is 0 Å². The van der Waals surface area contributed by atoms with E-state index in [0.717, 1.165) is 0 Å². The summed E-state index contributed by atoms with van der Waals surface area (Å²) in [5.41, 5.74) is 1.81. The topological polar surface area (TPSA) is 88.7 Å². The third-order valence-electron chi connectivity index (χ3n) is 3.94. The van der Waals surface area contributed by atoms with E-state index in [-0.39, 0.29) is 11.9 Å². The van der Waals surface area contributed by atoms with E-state index < -0.39 is 5.76 Å². The molecule has 1 unspecified atom stereocenters. The Bertz CT molecular complexity index is 774. The van der Waals surface area contributed by atoms with Gasteiger partial charge in [0, 0.05) is 25.3 Å². The van der Waals surface area contributed by atoms with Gasteiger partial charge >= 0.3 is 5.76 Å². The second-order valence-corrected chi connectivity index (χ2v) is 6.08. The molecule has 1 aliphatic rings. The first-order valence-electron chi connectivity index (χ1n) is 7.95. The molecule has 1 atom stereocenters. The molecule has 0 bridgehead atoms. The summed E-state index contributed by atoms with van der Waals surface area (Å²) >= 11 is 0. The number of benzene rings is 1. The number of nitrogens with zero attached hydrogens (tertiary/aromatic N) is 2. The van der Waals surface area contributed by atoms with Crippen LogP contribution in [-0.4, -0.2) is 61.8 Å². The second kappa shape index (κ2) is 7.16. The van der Waals surface area contributed by atoms with E-state index in [1.807, 2.05) is 19.0 Å². The van der Waals surface area contributed by atoms with Gasteiger partial charge in [-0.25, -0.2) is 4.79 Å². The number of ether oxygens (including phenoxy) is 1. The van der Waals surface area contributed by atoms with Crippen molar-refractivity contribution in [1.82, 2.24) is 14.8 Å². The van der Waals surface area contributed by atoms with Gasteiger partial charge in [-0.15, -0.1) is 0 Å². The Morgan fingerprint density at radius 3 is 3.00 bits per heavy atom. The van der Waals surface area contributed by atoms with E-state index in [1.54, 1.807) is 22.8 Å². The van der Waals surface area contributed by atoms with Crippen LogP contribution in [0.15, 0.2) is 27.4 Å². The highest BCUT2D eigenvalue weighted by Crippen LogP contribution is 2.19. The van der Waals surface area contributed by atoms with Crippen molar-refractivity contribution >= 4 is 22.7 Å². The first-order valence-corrected chi connectivity index (χ1v) is 7.95. The Balaban J connectivity index is 1.80. The Morgan fingerprint density at radius 2 is 2.29 bits per heavy atom. The number of oxazole rings is 1. The minimum absolute atomic E-state index is 0.153. The number of carbonyl (C=O) groups is 1. The molecule has 8 heteroatoms. The molecular weight excluding hydrogens is 312 g/mol. The number of anilines is 1. The number of aromatic nitrogens is 1. The molecule has 2 N–H and O–H groups in total. The van der Waals surface area contributed by atoms with E-state index in [9.17, 15) is 9.59 Å². The SMILES string of the molecule is CN(C)CCn1c(=O)oc2ccc(NC(=O)C3COCCN3)cc21. The van der Waals surface area contributed by atoms with Gasteiger partial charge in [0.15, 0.2) is 5.58 Å². The number of fused-ring (bicyclic) bond motifs is 1. The molecule has 3 rings (SSSR count). The first kappa shape index (κ1) is 16.7. The third-order valence-corrected chi connectivity index (χ3v) is 3.94. The minimum Gasteiger partial charge on any atom is -0.408 e. The van der Waals surface area contributed by atoms with Crippen molar-refractivity contribution in [2.45, 2.75) is 12.6 Å². The molecule has 0 saturated carbocycles. The van der Waals surface area contributed by atoms with Gasteiger partial charge in [-0.3, -0.25) is 9.36 Å². The van der Waals surface area contributed by atoms with Crippen molar-refractivity contribution in [1.29, 1.82) is 0 Å². The molecule has 1 fully saturated rings. The first-order chi connectivity index (χ1) is 11.5. The van der Waals surface area contributed by atoms with E-state index in [1.165, 1.54) is 0 Å². The largest absolute Gasteiger partial charge is 0.419 e. The zero-order valence-electron chi connectivity index (χ0n) is 13.9. The van der Waals surface area contributed by atoms with Gasteiger partial charge in [-0.2, -0.15) is 0 Å². The second-order valence-electron chi connectivity index (χ2n) is 6.08. The fourth-order valence-electron chi connectivity index (χ4n) is 2.61. The maximum atomic E-state index is 12.3. The lowest BCUT2D eigenvalue weighted by Gasteiger charge is -2.22. The van der Waals surface area contributed by atoms with Crippen LogP contribution in [0.25, 0.3) is 11.1 Å². The average molecular weight is 334 g/mol. The fourth-order valence-corrected chi connectivity index (χ4v) is 2.61. The highest BCUT2D eigenvalue weighted by atomic mass is 16.5. The molecule has 1 aromatic heterocycles. The maximum absolute atomic E-state index is 12.3. The molecule has 0 radical (unpaired) electrons. The Kier molecular flexibility index (Phi) is 4.98. The predicted octanol–water partition coefficient (Wildman–Crippen LogP) is 0.0830. The lowest BCUT2D eigenvalue weighted by molar-refractivity contribution is -0.120. The highest BCUT2D eigenvalue weighted by Gasteiger charge is 2.21. The minimum atomic E-state index is -0.391. The summed E-state index contributed by atoms with van der Waals surface area (Å²) in [7, 11) is 3.89. The van der Waals surface area contributed by atoms with Crippen LogP contribution in [0.2, 0.25) is 0 Å². The summed E-state index contributed by atoms with van der Waals surface area (Å²) in [4.78, 5) is 26.2. The van der Waals surface area contributed by atoms with Gasteiger partial charge in [-0.05, 0) is 32.3 Å². The molecule has 24 heavy (non-hydrogen) atoms. The van der Waals surface area contributed by atoms with Crippen LogP contribution < -0.4 is 16.4 Å². The molecule has 130 valence electrons. The number of morpholine rings is 1. The van der Waals surface area contributed by atoms with Gasteiger partial charge in [0.2, 0.25) is 5.91 Å². The molecule has 0 aliphatic carbocycles. The number of hydrogen-bond donors (Lipinski definition) is 2. The summed E-state index contributed by atoms with van der Waals surface area (Å²) in [6.45, 7) is 2.86. The number of rotatable bonds is 5. The third kappa shape index (κ3) is 3.66. The van der Waals surface area contributed by atoms with Gasteiger partial charge in [0.1, 0.15) is 6.04 Å². The Morgan fingerprint density at radius 1 is 1.46 bits per heavy atom. The molecular formula is C16H22N4O4. The molecule has 2 heterocycles. The van der Waals surface area contributed by atoms with Gasteiger partial charge in [0.25, 0.3) is 0 Å². The van der Waals surface area contributed by atoms with E-state index >= 15 is 0 Å². The van der Waals surface area contributed by atoms with Crippen LogP contribution in [0.4, 0.5) is 5.69 Å². The number of hydrogen-bond acceptors (Lipinski definition) is 6. The van der Waals surface area contributed by atoms with E-state index in [0.29, 0.717) is 49.6 Å². The summed E-state index contributed by atoms with van der Waals surface area (Å²) in [5.74, 6) is -0.544. The van der Waals surface area contributed by atoms with Crippen LogP contribution in [0.1, 0.15) is 0 Å². The summed E-state index contributed by atoms with van der Waals surface area (Å²) in [6, 6.07) is 4.82. The summed E-state index contributed by atoms with van der Waals surface area (Å²) in [5, 5.41) is 5.96. The van der Waals surface area contributed by atoms with Crippen LogP contribution in [-0.2, 0) is 16.1 Å². The van der Waals surface area contributed by atoms with Crippen molar-refractivity contribution in [3.05, 3.63) is 28.7 Å². The van der Waals surface area contributed by atoms with Crippen LogP contribution in [0.3, 0.4) is 0 Å². The van der Waals surface area contributed by atoms with Crippen LogP contribution in [0, 0.1) is 0 Å². The monoisotopic (exact) mass is 334 g/mol. The standard InChI is InChI=1S/C16H22N4O4/c1-19(2)6-7-20-13-9-11(3-4-14(13)24-16(20)22)18-15(21)12-10-23-8-5-17-12/h3-4,9,12,17H,5-8,10H2,1-2H3,(H,18,21). The number of likely N-dealkylation sites (N-methyl/N-ethyl adjacent to an activating group) is 1. The number of carbonyl (C=O) groups excluding carboxylic acids is 1. The van der Waals surface area contributed by atoms with Crippen LogP contribution in [0.5, 0.6) is 0 Å².